The van der Waals surface area contributed by atoms with Crippen LogP contribution in [-0.4, -0.2) is 30.4 Å². The zero-order valence-corrected chi connectivity index (χ0v) is 8.69. The largest absolute Gasteiger partial charge is 0.369 e. The molecule has 0 aromatic carbocycles. The molecule has 3 nitrogen and oxygen atoms in total. The Morgan fingerprint density at radius 3 is 1.92 bits per heavy atom. The summed E-state index contributed by atoms with van der Waals surface area (Å²) in [6.07, 6.45) is 2.15. The van der Waals surface area contributed by atoms with Crippen LogP contribution in [0.2, 0.25) is 0 Å². The average Bonchev–Trinajstić information content (AvgIpc) is 1.87. The van der Waals surface area contributed by atoms with Gasteiger partial charge in [-0.2, -0.15) is 0 Å². The fourth-order valence-electron chi connectivity index (χ4n) is 1.12. The lowest BCUT2D eigenvalue weighted by Crippen LogP contribution is -2.34. The molecule has 0 aliphatic carbocycles. The predicted octanol–water partition coefficient (Wildman–Crippen LogP) is 1.02. The third kappa shape index (κ3) is 7.82. The van der Waals surface area contributed by atoms with Gasteiger partial charge in [0.15, 0.2) is 0 Å². The fraction of sp³-hybridized carbons (Fsp3) is 0.875. The molecule has 0 heterocycles. The molecular weight excluding hydrogens is 176 g/mol. The van der Waals surface area contributed by atoms with Crippen molar-refractivity contribution in [2.75, 3.05) is 19.6 Å². The number of carbonyl (C=O) groups is 1. The lowest BCUT2D eigenvalue weighted by atomic mass is 10.3. The summed E-state index contributed by atoms with van der Waals surface area (Å²) in [5.74, 6) is -0.230. The molecule has 0 fully saturated rings. The highest BCUT2D eigenvalue weighted by Gasteiger charge is 2.04. The second-order valence-electron chi connectivity index (χ2n) is 2.74. The van der Waals surface area contributed by atoms with Gasteiger partial charge in [-0.3, -0.25) is 9.69 Å². The fourth-order valence-corrected chi connectivity index (χ4v) is 1.12. The summed E-state index contributed by atoms with van der Waals surface area (Å²) >= 11 is 0. The monoisotopic (exact) mass is 194 g/mol. The van der Waals surface area contributed by atoms with Gasteiger partial charge >= 0.3 is 0 Å². The van der Waals surface area contributed by atoms with Crippen LogP contribution in [0.25, 0.3) is 0 Å². The van der Waals surface area contributed by atoms with Gasteiger partial charge in [-0.05, 0) is 25.9 Å². The number of nitrogens with zero attached hydrogens (tertiary/aromatic N) is 1. The number of primary amides is 1. The number of hydrogen-bond acceptors (Lipinski definition) is 2. The van der Waals surface area contributed by atoms with Gasteiger partial charge in [0.1, 0.15) is 0 Å². The molecule has 0 spiro atoms. The van der Waals surface area contributed by atoms with E-state index < -0.39 is 0 Å². The number of halogens is 1. The van der Waals surface area contributed by atoms with Crippen molar-refractivity contribution in [3.63, 3.8) is 0 Å². The van der Waals surface area contributed by atoms with Gasteiger partial charge in [-0.1, -0.05) is 13.8 Å². The Labute approximate surface area is 80.7 Å². The zero-order chi connectivity index (χ0) is 8.69. The quantitative estimate of drug-likeness (QED) is 0.686. The van der Waals surface area contributed by atoms with Gasteiger partial charge in [-0.25, -0.2) is 0 Å². The molecular formula is C8H19ClN2O. The molecule has 0 aliphatic rings. The average molecular weight is 195 g/mol. The van der Waals surface area contributed by atoms with E-state index in [0.717, 1.165) is 25.9 Å². The van der Waals surface area contributed by atoms with E-state index in [0.29, 0.717) is 6.54 Å². The molecule has 0 aromatic heterocycles. The van der Waals surface area contributed by atoms with Crippen molar-refractivity contribution < 1.29 is 4.79 Å². The van der Waals surface area contributed by atoms with Gasteiger partial charge in [0.25, 0.3) is 0 Å². The highest BCUT2D eigenvalue weighted by Crippen LogP contribution is 1.92. The third-order valence-corrected chi connectivity index (χ3v) is 1.46. The molecule has 1 amide bonds. The van der Waals surface area contributed by atoms with Crippen molar-refractivity contribution in [2.45, 2.75) is 26.7 Å². The van der Waals surface area contributed by atoms with E-state index in [1.54, 1.807) is 0 Å². The summed E-state index contributed by atoms with van der Waals surface area (Å²) in [7, 11) is 0. The van der Waals surface area contributed by atoms with E-state index >= 15 is 0 Å². The molecule has 0 saturated heterocycles. The summed E-state index contributed by atoms with van der Waals surface area (Å²) < 4.78 is 0. The number of nitrogens with two attached hydrogens (primary N) is 1. The smallest absolute Gasteiger partial charge is 0.231 e. The van der Waals surface area contributed by atoms with Gasteiger partial charge in [0, 0.05) is 0 Å². The van der Waals surface area contributed by atoms with Crippen molar-refractivity contribution in [3.8, 4) is 0 Å². The Kier molecular flexibility index (Phi) is 10.5. The highest BCUT2D eigenvalue weighted by atomic mass is 35.5. The van der Waals surface area contributed by atoms with Crippen LogP contribution in [-0.2, 0) is 4.79 Å². The van der Waals surface area contributed by atoms with E-state index in [2.05, 4.69) is 18.7 Å². The normalized spacial score (nSPS) is 9.58. The van der Waals surface area contributed by atoms with E-state index in [9.17, 15) is 4.79 Å². The van der Waals surface area contributed by atoms with Crippen LogP contribution < -0.4 is 5.73 Å². The summed E-state index contributed by atoms with van der Waals surface area (Å²) in [4.78, 5) is 12.6. The topological polar surface area (TPSA) is 46.3 Å². The highest BCUT2D eigenvalue weighted by molar-refractivity contribution is 5.85. The van der Waals surface area contributed by atoms with Crippen molar-refractivity contribution in [1.82, 2.24) is 4.90 Å². The minimum Gasteiger partial charge on any atom is -0.369 e. The van der Waals surface area contributed by atoms with Crippen LogP contribution in [0.4, 0.5) is 0 Å². The van der Waals surface area contributed by atoms with Crippen molar-refractivity contribution >= 4 is 18.3 Å². The van der Waals surface area contributed by atoms with Crippen LogP contribution in [0.5, 0.6) is 0 Å². The Bertz CT molecular complexity index is 114. The number of carbonyl (C=O) groups excluding carboxylic acids is 1. The Morgan fingerprint density at radius 1 is 1.25 bits per heavy atom. The van der Waals surface area contributed by atoms with E-state index in [4.69, 9.17) is 5.73 Å². The maximum absolute atomic E-state index is 10.5. The standard InChI is InChI=1S/C8H18N2O.ClH/c1-3-5-10(6-4-2)7-8(9)11;/h3-7H2,1-2H3,(H2,9,11);1H. The van der Waals surface area contributed by atoms with E-state index in [-0.39, 0.29) is 18.3 Å². The van der Waals surface area contributed by atoms with Gasteiger partial charge in [-0.15, -0.1) is 12.4 Å². The molecule has 0 bridgehead atoms. The van der Waals surface area contributed by atoms with Crippen LogP contribution in [0.3, 0.4) is 0 Å². The first-order valence-electron chi connectivity index (χ1n) is 4.21. The lowest BCUT2D eigenvalue weighted by Gasteiger charge is -2.18. The van der Waals surface area contributed by atoms with Crippen LogP contribution in [0, 0.1) is 0 Å². The predicted molar refractivity (Wildman–Crippen MR) is 53.5 cm³/mol. The first kappa shape index (κ1) is 14.3. The number of rotatable bonds is 6. The molecule has 0 aromatic rings. The maximum atomic E-state index is 10.5. The lowest BCUT2D eigenvalue weighted by molar-refractivity contribution is -0.119. The Balaban J connectivity index is 0. The van der Waals surface area contributed by atoms with Crippen LogP contribution >= 0.6 is 12.4 Å². The Morgan fingerprint density at radius 2 is 1.67 bits per heavy atom. The second kappa shape index (κ2) is 8.81. The maximum Gasteiger partial charge on any atom is 0.231 e. The van der Waals surface area contributed by atoms with Gasteiger partial charge in [0.2, 0.25) is 5.91 Å². The van der Waals surface area contributed by atoms with Crippen LogP contribution in [0.1, 0.15) is 26.7 Å². The number of hydrogen-bond donors (Lipinski definition) is 1. The molecule has 0 rings (SSSR count). The molecule has 0 aliphatic heterocycles. The summed E-state index contributed by atoms with van der Waals surface area (Å²) in [6.45, 7) is 6.54. The summed E-state index contributed by atoms with van der Waals surface area (Å²) in [5.41, 5.74) is 5.07. The SMILES string of the molecule is CCCN(CCC)CC(N)=O.Cl. The first-order chi connectivity index (χ1) is 5.20. The van der Waals surface area contributed by atoms with Gasteiger partial charge in [0.05, 0.1) is 6.54 Å². The summed E-state index contributed by atoms with van der Waals surface area (Å²) in [6, 6.07) is 0. The molecule has 74 valence electrons. The van der Waals surface area contributed by atoms with Crippen LogP contribution in [0.15, 0.2) is 0 Å². The summed E-state index contributed by atoms with van der Waals surface area (Å²) in [5, 5.41) is 0. The molecule has 0 saturated carbocycles. The first-order valence-corrected chi connectivity index (χ1v) is 4.21. The minimum absolute atomic E-state index is 0. The molecule has 12 heavy (non-hydrogen) atoms. The van der Waals surface area contributed by atoms with Crippen molar-refractivity contribution in [2.24, 2.45) is 5.73 Å². The van der Waals surface area contributed by atoms with E-state index in [1.807, 2.05) is 0 Å². The van der Waals surface area contributed by atoms with E-state index in [1.165, 1.54) is 0 Å². The van der Waals surface area contributed by atoms with Crippen molar-refractivity contribution in [3.05, 3.63) is 0 Å². The molecule has 0 unspecified atom stereocenters. The number of amides is 1. The third-order valence-electron chi connectivity index (χ3n) is 1.46. The Hall–Kier alpha value is -0.280. The molecule has 0 atom stereocenters. The minimum atomic E-state index is -0.230. The molecule has 4 heteroatoms. The molecule has 0 radical (unpaired) electrons. The molecule has 2 N–H and O–H groups in total. The van der Waals surface area contributed by atoms with Crippen molar-refractivity contribution in [1.29, 1.82) is 0 Å². The second-order valence-corrected chi connectivity index (χ2v) is 2.74. The van der Waals surface area contributed by atoms with Gasteiger partial charge < -0.3 is 5.73 Å². The zero-order valence-electron chi connectivity index (χ0n) is 7.88.